The fourth-order valence-electron chi connectivity index (χ4n) is 3.73. The van der Waals surface area contributed by atoms with Crippen LogP contribution in [0, 0.1) is 11.3 Å². The highest BCUT2D eigenvalue weighted by molar-refractivity contribution is 6.33. The summed E-state index contributed by atoms with van der Waals surface area (Å²) in [5.74, 6) is -0.316. The number of hydrogen-bond acceptors (Lipinski definition) is 5. The van der Waals surface area contributed by atoms with Gasteiger partial charge in [-0.05, 0) is 67.5 Å². The molecule has 2 aromatic carbocycles. The van der Waals surface area contributed by atoms with Gasteiger partial charge in [-0.15, -0.1) is 0 Å². The largest absolute Gasteiger partial charge is 0.403 e. The van der Waals surface area contributed by atoms with Crippen LogP contribution in [0.5, 0.6) is 0 Å². The summed E-state index contributed by atoms with van der Waals surface area (Å²) in [5.41, 5.74) is 6.15. The average molecular weight is 522 g/mol. The smallest absolute Gasteiger partial charge is 0.397 e. The highest BCUT2D eigenvalue weighted by Gasteiger charge is 2.68. The number of halogens is 4. The second kappa shape index (κ2) is 9.93. The molecule has 0 unspecified atom stereocenters. The number of carbonyl (C=O) groups excluding carboxylic acids is 2. The van der Waals surface area contributed by atoms with Crippen LogP contribution in [0.3, 0.4) is 0 Å². The molecule has 11 heteroatoms. The standard InChI is InChI=1S/C25H27ClF3N5O2/c1-14(33-20-7-5-17(11-19(20)30)22(35)31-12-15-2-3-15)34-21-10-16(4-6-18(21)26)13-32-23(36)24(8-9-24)25(27,28)29/h4-7,10-11,15,33-34H,1-3,8-9,12-13,30H2,(H,31,35)(H,32,36). The van der Waals surface area contributed by atoms with Gasteiger partial charge in [0, 0.05) is 18.7 Å². The van der Waals surface area contributed by atoms with E-state index in [2.05, 4.69) is 27.8 Å². The maximum atomic E-state index is 13.1. The lowest BCUT2D eigenvalue weighted by molar-refractivity contribution is -0.192. The molecule has 6 N–H and O–H groups in total. The quantitative estimate of drug-likeness (QED) is 0.282. The second-order valence-electron chi connectivity index (χ2n) is 9.26. The summed E-state index contributed by atoms with van der Waals surface area (Å²) in [5, 5.41) is 11.6. The SMILES string of the molecule is C=C(Nc1ccc(C(=O)NCC2CC2)cc1N)Nc1cc(CNC(=O)C2(C(F)(F)F)CC2)ccc1Cl. The number of nitrogens with one attached hydrogen (secondary N) is 4. The normalized spacial score (nSPS) is 16.1. The number of amides is 2. The zero-order valence-electron chi connectivity index (χ0n) is 19.4. The van der Waals surface area contributed by atoms with Gasteiger partial charge in [-0.25, -0.2) is 0 Å². The number of nitrogens with two attached hydrogens (primary N) is 1. The van der Waals surface area contributed by atoms with Gasteiger partial charge in [-0.3, -0.25) is 9.59 Å². The molecule has 2 fully saturated rings. The Labute approximate surface area is 211 Å². The molecule has 0 aliphatic heterocycles. The van der Waals surface area contributed by atoms with Crippen LogP contribution < -0.4 is 27.0 Å². The van der Waals surface area contributed by atoms with E-state index < -0.39 is 17.5 Å². The van der Waals surface area contributed by atoms with Crippen molar-refractivity contribution in [3.63, 3.8) is 0 Å². The Bertz CT molecular complexity index is 1190. The van der Waals surface area contributed by atoms with Crippen LogP contribution in [0.1, 0.15) is 41.6 Å². The molecule has 7 nitrogen and oxygen atoms in total. The van der Waals surface area contributed by atoms with Gasteiger partial charge in [0.2, 0.25) is 5.91 Å². The Morgan fingerprint density at radius 1 is 1.06 bits per heavy atom. The minimum absolute atomic E-state index is 0.0837. The van der Waals surface area contributed by atoms with Gasteiger partial charge in [0.25, 0.3) is 5.91 Å². The maximum Gasteiger partial charge on any atom is 0.403 e. The first-order valence-electron chi connectivity index (χ1n) is 11.5. The van der Waals surface area contributed by atoms with E-state index in [0.717, 1.165) is 12.8 Å². The van der Waals surface area contributed by atoms with Crippen LogP contribution in [0.2, 0.25) is 5.02 Å². The van der Waals surface area contributed by atoms with Crippen molar-refractivity contribution >= 4 is 40.5 Å². The lowest BCUT2D eigenvalue weighted by atomic mass is 10.1. The van der Waals surface area contributed by atoms with Crippen LogP contribution in [0.4, 0.5) is 30.2 Å². The van der Waals surface area contributed by atoms with E-state index in [4.69, 9.17) is 17.3 Å². The molecule has 0 saturated heterocycles. The molecule has 0 aromatic heterocycles. The molecule has 2 aliphatic rings. The van der Waals surface area contributed by atoms with Crippen molar-refractivity contribution in [3.05, 3.63) is 64.9 Å². The molecule has 0 atom stereocenters. The molecule has 192 valence electrons. The molecular weight excluding hydrogens is 495 g/mol. The van der Waals surface area contributed by atoms with Gasteiger partial charge in [0.05, 0.1) is 22.1 Å². The molecule has 2 aromatic rings. The number of rotatable bonds is 10. The monoisotopic (exact) mass is 521 g/mol. The molecule has 4 rings (SSSR count). The summed E-state index contributed by atoms with van der Waals surface area (Å²) in [6.45, 7) is 4.48. The molecular formula is C25H27ClF3N5O2. The zero-order valence-corrected chi connectivity index (χ0v) is 20.2. The molecule has 0 radical (unpaired) electrons. The molecule has 2 aliphatic carbocycles. The third-order valence-electron chi connectivity index (χ3n) is 6.34. The molecule has 0 bridgehead atoms. The van der Waals surface area contributed by atoms with E-state index in [1.54, 1.807) is 36.4 Å². The predicted octanol–water partition coefficient (Wildman–Crippen LogP) is 5.02. The van der Waals surface area contributed by atoms with Crippen molar-refractivity contribution in [1.82, 2.24) is 10.6 Å². The van der Waals surface area contributed by atoms with E-state index in [9.17, 15) is 22.8 Å². The van der Waals surface area contributed by atoms with E-state index in [-0.39, 0.29) is 25.3 Å². The van der Waals surface area contributed by atoms with Gasteiger partial charge in [-0.1, -0.05) is 24.2 Å². The minimum Gasteiger partial charge on any atom is -0.397 e. The Kier molecular flexibility index (Phi) is 7.08. The summed E-state index contributed by atoms with van der Waals surface area (Å²) in [7, 11) is 0. The molecule has 0 spiro atoms. The Balaban J connectivity index is 1.34. The van der Waals surface area contributed by atoms with Gasteiger partial charge in [-0.2, -0.15) is 13.2 Å². The molecule has 2 amide bonds. The van der Waals surface area contributed by atoms with Crippen LogP contribution in [0.25, 0.3) is 0 Å². The summed E-state index contributed by atoms with van der Waals surface area (Å²) >= 11 is 6.25. The first-order valence-corrected chi connectivity index (χ1v) is 11.9. The van der Waals surface area contributed by atoms with Crippen molar-refractivity contribution in [2.24, 2.45) is 11.3 Å². The van der Waals surface area contributed by atoms with Gasteiger partial charge in [0.1, 0.15) is 11.2 Å². The van der Waals surface area contributed by atoms with Crippen LogP contribution in [-0.4, -0.2) is 24.5 Å². The summed E-state index contributed by atoms with van der Waals surface area (Å²) < 4.78 is 39.4. The zero-order chi connectivity index (χ0) is 26.1. The van der Waals surface area contributed by atoms with Crippen LogP contribution >= 0.6 is 11.6 Å². The van der Waals surface area contributed by atoms with Crippen molar-refractivity contribution in [2.45, 2.75) is 38.4 Å². The predicted molar refractivity (Wildman–Crippen MR) is 133 cm³/mol. The number of hydrogen-bond donors (Lipinski definition) is 5. The number of anilines is 3. The van der Waals surface area contributed by atoms with Gasteiger partial charge < -0.3 is 27.0 Å². The average Bonchev–Trinajstić information content (AvgIpc) is 3.72. The first-order chi connectivity index (χ1) is 17.0. The number of nitrogen functional groups attached to an aromatic ring is 1. The van der Waals surface area contributed by atoms with E-state index in [1.165, 1.54) is 0 Å². The highest BCUT2D eigenvalue weighted by atomic mass is 35.5. The fraction of sp³-hybridized carbons (Fsp3) is 0.360. The third-order valence-corrected chi connectivity index (χ3v) is 6.67. The number of alkyl halides is 3. The van der Waals surface area contributed by atoms with Crippen LogP contribution in [-0.2, 0) is 11.3 Å². The molecule has 2 saturated carbocycles. The summed E-state index contributed by atoms with van der Waals surface area (Å²) in [6, 6.07) is 9.68. The van der Waals surface area contributed by atoms with Crippen LogP contribution in [0.15, 0.2) is 48.8 Å². The highest BCUT2D eigenvalue weighted by Crippen LogP contribution is 2.57. The maximum absolute atomic E-state index is 13.1. The molecule has 36 heavy (non-hydrogen) atoms. The lowest BCUT2D eigenvalue weighted by Crippen LogP contribution is -2.40. The first kappa shape index (κ1) is 25.7. The Hall–Kier alpha value is -3.40. The Morgan fingerprint density at radius 2 is 1.75 bits per heavy atom. The van der Waals surface area contributed by atoms with Gasteiger partial charge in [0.15, 0.2) is 0 Å². The second-order valence-corrected chi connectivity index (χ2v) is 9.67. The third kappa shape index (κ3) is 5.87. The number of carbonyl (C=O) groups is 2. The minimum atomic E-state index is -4.56. The summed E-state index contributed by atoms with van der Waals surface area (Å²) in [6.07, 6.45) is -2.68. The van der Waals surface area contributed by atoms with E-state index >= 15 is 0 Å². The van der Waals surface area contributed by atoms with E-state index in [0.29, 0.717) is 51.5 Å². The Morgan fingerprint density at radius 3 is 2.36 bits per heavy atom. The fourth-order valence-corrected chi connectivity index (χ4v) is 3.89. The van der Waals surface area contributed by atoms with Gasteiger partial charge >= 0.3 is 6.18 Å². The summed E-state index contributed by atoms with van der Waals surface area (Å²) in [4.78, 5) is 24.4. The lowest BCUT2D eigenvalue weighted by Gasteiger charge is -2.19. The van der Waals surface area contributed by atoms with Crippen molar-refractivity contribution < 1.29 is 22.8 Å². The van der Waals surface area contributed by atoms with Crippen molar-refractivity contribution in [1.29, 1.82) is 0 Å². The van der Waals surface area contributed by atoms with Crippen molar-refractivity contribution in [3.8, 4) is 0 Å². The van der Waals surface area contributed by atoms with Crippen molar-refractivity contribution in [2.75, 3.05) is 22.9 Å². The topological polar surface area (TPSA) is 108 Å². The number of benzene rings is 2. The molecule has 0 heterocycles. The van der Waals surface area contributed by atoms with E-state index in [1.807, 2.05) is 0 Å².